The normalized spacial score (nSPS) is 12.1. The van der Waals surface area contributed by atoms with E-state index in [0.29, 0.717) is 0 Å². The summed E-state index contributed by atoms with van der Waals surface area (Å²) >= 11 is 1.71. The average Bonchev–Trinajstić information content (AvgIpc) is 3.05. The third-order valence-electron chi connectivity index (χ3n) is 3.97. The van der Waals surface area contributed by atoms with Gasteiger partial charge in [0.2, 0.25) is 0 Å². The summed E-state index contributed by atoms with van der Waals surface area (Å²) in [5.41, 5.74) is 2.57. The largest absolute Gasteiger partial charge is 0.483 e. The van der Waals surface area contributed by atoms with E-state index in [4.69, 9.17) is 4.74 Å². The van der Waals surface area contributed by atoms with Gasteiger partial charge < -0.3 is 9.30 Å². The van der Waals surface area contributed by atoms with Crippen molar-refractivity contribution in [1.82, 2.24) is 14.8 Å². The van der Waals surface area contributed by atoms with E-state index in [9.17, 15) is 0 Å². The van der Waals surface area contributed by atoms with E-state index in [0.717, 1.165) is 29.0 Å². The summed E-state index contributed by atoms with van der Waals surface area (Å²) in [6.07, 6.45) is -0.149. The number of aryl methyl sites for hydroxylation is 1. The molecule has 0 unspecified atom stereocenters. The van der Waals surface area contributed by atoms with E-state index in [2.05, 4.69) is 52.9 Å². The Morgan fingerprint density at radius 1 is 1.04 bits per heavy atom. The summed E-state index contributed by atoms with van der Waals surface area (Å²) < 4.78 is 8.13. The van der Waals surface area contributed by atoms with Crippen LogP contribution in [0.15, 0.2) is 59.8 Å². The third-order valence-corrected chi connectivity index (χ3v) is 5.01. The van der Waals surface area contributed by atoms with Gasteiger partial charge in [0.25, 0.3) is 0 Å². The van der Waals surface area contributed by atoms with Gasteiger partial charge in [0.1, 0.15) is 5.75 Å². The van der Waals surface area contributed by atoms with Crippen molar-refractivity contribution >= 4 is 11.8 Å². The Morgan fingerprint density at radius 2 is 1.76 bits per heavy atom. The lowest BCUT2D eigenvalue weighted by Crippen LogP contribution is -2.11. The lowest BCUT2D eigenvalue weighted by Gasteiger charge is -2.15. The fourth-order valence-corrected chi connectivity index (χ4v) is 3.56. The van der Waals surface area contributed by atoms with Crippen molar-refractivity contribution in [3.8, 4) is 5.75 Å². The molecule has 0 N–H and O–H groups in total. The molecule has 0 saturated carbocycles. The fraction of sp³-hybridized carbons (Fsp3) is 0.300. The second-order valence-corrected chi connectivity index (χ2v) is 6.87. The molecule has 2 aromatic carbocycles. The second kappa shape index (κ2) is 8.21. The van der Waals surface area contributed by atoms with E-state index in [-0.39, 0.29) is 6.10 Å². The molecule has 0 aliphatic heterocycles. The Kier molecular flexibility index (Phi) is 5.76. The predicted molar refractivity (Wildman–Crippen MR) is 102 cm³/mol. The molecule has 25 heavy (non-hydrogen) atoms. The molecule has 0 fully saturated rings. The van der Waals surface area contributed by atoms with Crippen molar-refractivity contribution in [2.24, 2.45) is 0 Å². The molecule has 130 valence electrons. The second-order valence-electron chi connectivity index (χ2n) is 5.93. The first-order valence-corrected chi connectivity index (χ1v) is 9.49. The van der Waals surface area contributed by atoms with Gasteiger partial charge in [-0.15, -0.1) is 10.2 Å². The lowest BCUT2D eigenvalue weighted by atomic mass is 10.2. The van der Waals surface area contributed by atoms with E-state index >= 15 is 0 Å². The molecule has 0 bridgehead atoms. The van der Waals surface area contributed by atoms with Gasteiger partial charge in [0, 0.05) is 12.3 Å². The monoisotopic (exact) mass is 353 g/mol. The van der Waals surface area contributed by atoms with Crippen LogP contribution in [0.3, 0.4) is 0 Å². The van der Waals surface area contributed by atoms with Crippen LogP contribution in [0.4, 0.5) is 0 Å². The minimum atomic E-state index is -0.149. The Hall–Kier alpha value is -2.27. The first kappa shape index (κ1) is 17.5. The standard InChI is InChI=1S/C20H23N3OS/c1-4-23-19(16(3)24-18-8-6-5-7-9-18)21-22-20(23)25-14-17-12-10-15(2)11-13-17/h5-13,16H,4,14H2,1-3H3/t16-/m1/s1. The van der Waals surface area contributed by atoms with E-state index in [1.807, 2.05) is 37.3 Å². The number of hydrogen-bond donors (Lipinski definition) is 0. The molecular formula is C20H23N3OS. The van der Waals surface area contributed by atoms with Crippen LogP contribution < -0.4 is 4.74 Å². The number of nitrogens with zero attached hydrogens (tertiary/aromatic N) is 3. The maximum atomic E-state index is 6.00. The molecule has 3 rings (SSSR count). The highest BCUT2D eigenvalue weighted by molar-refractivity contribution is 7.98. The molecule has 0 spiro atoms. The first-order valence-electron chi connectivity index (χ1n) is 8.50. The average molecular weight is 353 g/mol. The van der Waals surface area contributed by atoms with E-state index < -0.39 is 0 Å². The Morgan fingerprint density at radius 3 is 2.44 bits per heavy atom. The molecule has 0 aliphatic rings. The highest BCUT2D eigenvalue weighted by Crippen LogP contribution is 2.26. The van der Waals surface area contributed by atoms with Crippen molar-refractivity contribution in [2.75, 3.05) is 0 Å². The molecule has 0 aliphatic carbocycles. The van der Waals surface area contributed by atoms with Crippen LogP contribution in [0, 0.1) is 6.92 Å². The molecule has 0 saturated heterocycles. The number of para-hydroxylation sites is 1. The van der Waals surface area contributed by atoms with E-state index in [1.165, 1.54) is 11.1 Å². The molecule has 1 aromatic heterocycles. The third kappa shape index (κ3) is 4.42. The Bertz CT molecular complexity index is 800. The minimum Gasteiger partial charge on any atom is -0.483 e. The van der Waals surface area contributed by atoms with Gasteiger partial charge >= 0.3 is 0 Å². The summed E-state index contributed by atoms with van der Waals surface area (Å²) in [7, 11) is 0. The van der Waals surface area contributed by atoms with Gasteiger partial charge in [-0.1, -0.05) is 59.8 Å². The van der Waals surface area contributed by atoms with Gasteiger partial charge in [0.05, 0.1) is 0 Å². The molecule has 1 atom stereocenters. The summed E-state index contributed by atoms with van der Waals surface area (Å²) in [6, 6.07) is 18.4. The molecule has 4 nitrogen and oxygen atoms in total. The number of benzene rings is 2. The van der Waals surface area contributed by atoms with Crippen molar-refractivity contribution in [1.29, 1.82) is 0 Å². The Labute approximate surface area is 153 Å². The van der Waals surface area contributed by atoms with Crippen LogP contribution in [-0.2, 0) is 12.3 Å². The van der Waals surface area contributed by atoms with Gasteiger partial charge in [-0.05, 0) is 38.5 Å². The maximum absolute atomic E-state index is 6.00. The van der Waals surface area contributed by atoms with Gasteiger partial charge in [-0.2, -0.15) is 0 Å². The highest BCUT2D eigenvalue weighted by atomic mass is 32.2. The summed E-state index contributed by atoms with van der Waals surface area (Å²) in [6.45, 7) is 7.04. The summed E-state index contributed by atoms with van der Waals surface area (Å²) in [5, 5.41) is 9.69. The van der Waals surface area contributed by atoms with Crippen LogP contribution >= 0.6 is 11.8 Å². The summed E-state index contributed by atoms with van der Waals surface area (Å²) in [5.74, 6) is 2.58. The highest BCUT2D eigenvalue weighted by Gasteiger charge is 2.18. The van der Waals surface area contributed by atoms with Gasteiger partial charge in [0.15, 0.2) is 17.1 Å². The number of thioether (sulfide) groups is 1. The SMILES string of the molecule is CCn1c(SCc2ccc(C)cc2)nnc1[C@@H](C)Oc1ccccc1. The molecule has 1 heterocycles. The zero-order valence-corrected chi connectivity index (χ0v) is 15.7. The van der Waals surface area contributed by atoms with Crippen molar-refractivity contribution in [2.45, 2.75) is 44.3 Å². The van der Waals surface area contributed by atoms with E-state index in [1.54, 1.807) is 11.8 Å². The van der Waals surface area contributed by atoms with Gasteiger partial charge in [-0.3, -0.25) is 0 Å². The quantitative estimate of drug-likeness (QED) is 0.558. The van der Waals surface area contributed by atoms with Crippen LogP contribution in [0.1, 0.15) is 36.9 Å². The number of aromatic nitrogens is 3. The molecule has 0 radical (unpaired) electrons. The fourth-order valence-electron chi connectivity index (χ4n) is 2.59. The number of hydrogen-bond acceptors (Lipinski definition) is 4. The predicted octanol–water partition coefficient (Wildman–Crippen LogP) is 5.04. The molecule has 5 heteroatoms. The zero-order chi connectivity index (χ0) is 17.6. The zero-order valence-electron chi connectivity index (χ0n) is 14.8. The molecule has 3 aromatic rings. The smallest absolute Gasteiger partial charge is 0.191 e. The van der Waals surface area contributed by atoms with Crippen LogP contribution in [0.25, 0.3) is 0 Å². The van der Waals surface area contributed by atoms with Crippen molar-refractivity contribution in [3.05, 3.63) is 71.5 Å². The van der Waals surface area contributed by atoms with Gasteiger partial charge in [-0.25, -0.2) is 0 Å². The molecule has 0 amide bonds. The number of ether oxygens (including phenoxy) is 1. The summed E-state index contributed by atoms with van der Waals surface area (Å²) in [4.78, 5) is 0. The van der Waals surface area contributed by atoms with Crippen LogP contribution in [0.5, 0.6) is 5.75 Å². The van der Waals surface area contributed by atoms with Crippen LogP contribution in [-0.4, -0.2) is 14.8 Å². The topological polar surface area (TPSA) is 39.9 Å². The minimum absolute atomic E-state index is 0.149. The Balaban J connectivity index is 1.70. The van der Waals surface area contributed by atoms with Crippen LogP contribution in [0.2, 0.25) is 0 Å². The first-order chi connectivity index (χ1) is 12.2. The molecular weight excluding hydrogens is 330 g/mol. The maximum Gasteiger partial charge on any atom is 0.191 e. The number of rotatable bonds is 7. The van der Waals surface area contributed by atoms with Crippen molar-refractivity contribution in [3.63, 3.8) is 0 Å². The van der Waals surface area contributed by atoms with Crippen molar-refractivity contribution < 1.29 is 4.74 Å². The lowest BCUT2D eigenvalue weighted by molar-refractivity contribution is 0.210.